The highest BCUT2D eigenvalue weighted by Crippen LogP contribution is 2.07. The Kier molecular flexibility index (Phi) is 2.58. The molecule has 2 rings (SSSR count). The maximum atomic E-state index is 12.0. The van der Waals surface area contributed by atoms with E-state index in [-0.39, 0.29) is 17.0 Å². The summed E-state index contributed by atoms with van der Waals surface area (Å²) in [5.74, 6) is -0.340. The van der Waals surface area contributed by atoms with Gasteiger partial charge in [-0.25, -0.2) is 4.98 Å². The first-order valence-corrected chi connectivity index (χ1v) is 4.80. The van der Waals surface area contributed by atoms with Crippen LogP contribution in [0.2, 0.25) is 0 Å². The second kappa shape index (κ2) is 4.06. The Balaban J connectivity index is 2.57. The fourth-order valence-corrected chi connectivity index (χ4v) is 1.45. The van der Waals surface area contributed by atoms with E-state index in [4.69, 9.17) is 5.26 Å². The first-order chi connectivity index (χ1) is 8.13. The number of nitrogens with one attached hydrogen (secondary N) is 1. The second-order valence-electron chi connectivity index (χ2n) is 3.44. The van der Waals surface area contributed by atoms with E-state index in [0.29, 0.717) is 5.69 Å². The molecule has 2 aromatic heterocycles. The molecule has 0 radical (unpaired) electrons. The maximum absolute atomic E-state index is 12.0. The largest absolute Gasteiger partial charge is 0.325 e. The molecule has 2 aromatic rings. The summed E-state index contributed by atoms with van der Waals surface area (Å²) in [5, 5.41) is 8.75. The van der Waals surface area contributed by atoms with Crippen molar-refractivity contribution in [1.29, 1.82) is 5.26 Å². The van der Waals surface area contributed by atoms with Crippen molar-refractivity contribution in [3.8, 4) is 6.07 Å². The first-order valence-electron chi connectivity index (χ1n) is 4.80. The van der Waals surface area contributed by atoms with Crippen LogP contribution in [0.4, 0.5) is 0 Å². The van der Waals surface area contributed by atoms with Crippen LogP contribution in [-0.4, -0.2) is 20.4 Å². The van der Waals surface area contributed by atoms with E-state index in [1.165, 1.54) is 29.4 Å². The number of H-pyrrole nitrogens is 1. The average molecular weight is 228 g/mol. The normalized spacial score (nSPS) is 9.88. The van der Waals surface area contributed by atoms with Crippen molar-refractivity contribution < 1.29 is 4.79 Å². The number of carbonyl (C=O) groups excluding carboxylic acids is 1. The first kappa shape index (κ1) is 10.8. The summed E-state index contributed by atoms with van der Waals surface area (Å²) in [4.78, 5) is 29.6. The van der Waals surface area contributed by atoms with Gasteiger partial charge in [-0.1, -0.05) is 0 Å². The fourth-order valence-electron chi connectivity index (χ4n) is 1.45. The summed E-state index contributed by atoms with van der Waals surface area (Å²) in [5.41, 5.74) is 0.123. The molecule has 2 heterocycles. The van der Waals surface area contributed by atoms with Gasteiger partial charge in [-0.2, -0.15) is 5.26 Å². The molecule has 0 bridgehead atoms. The minimum Gasteiger partial charge on any atom is -0.325 e. The van der Waals surface area contributed by atoms with Crippen LogP contribution in [0.15, 0.2) is 29.6 Å². The smallest absolute Gasteiger partial charge is 0.266 e. The number of rotatable bonds is 1. The number of aryl methyl sites for hydroxylation is 1. The molecule has 0 fully saturated rings. The second-order valence-corrected chi connectivity index (χ2v) is 3.44. The quantitative estimate of drug-likeness (QED) is 0.766. The van der Waals surface area contributed by atoms with Crippen molar-refractivity contribution in [3.63, 3.8) is 0 Å². The fraction of sp³-hybridized carbons (Fsp3) is 0.0909. The van der Waals surface area contributed by atoms with Gasteiger partial charge in [-0.15, -0.1) is 0 Å². The zero-order valence-corrected chi connectivity index (χ0v) is 8.97. The molecule has 0 aliphatic heterocycles. The Morgan fingerprint density at radius 2 is 2.35 bits per heavy atom. The van der Waals surface area contributed by atoms with Crippen LogP contribution in [0.25, 0.3) is 0 Å². The van der Waals surface area contributed by atoms with Crippen LogP contribution < -0.4 is 5.56 Å². The van der Waals surface area contributed by atoms with Crippen molar-refractivity contribution in [2.75, 3.05) is 0 Å². The Hall–Kier alpha value is -2.68. The number of aromatic amines is 1. The SMILES string of the molecule is Cc1[nH]c(=O)c(C#N)cc1C(=O)n1ccnc1. The lowest BCUT2D eigenvalue weighted by molar-refractivity contribution is 0.0958. The van der Waals surface area contributed by atoms with Gasteiger partial charge in [0.25, 0.3) is 11.5 Å². The molecule has 6 heteroatoms. The topological polar surface area (TPSA) is 91.5 Å². The van der Waals surface area contributed by atoms with Gasteiger partial charge in [0, 0.05) is 18.1 Å². The van der Waals surface area contributed by atoms with E-state index >= 15 is 0 Å². The minimum atomic E-state index is -0.493. The lowest BCUT2D eigenvalue weighted by atomic mass is 10.1. The Morgan fingerprint density at radius 3 is 2.94 bits per heavy atom. The summed E-state index contributed by atoms with van der Waals surface area (Å²) in [6, 6.07) is 3.03. The molecule has 6 nitrogen and oxygen atoms in total. The molecule has 0 saturated carbocycles. The molecule has 84 valence electrons. The van der Waals surface area contributed by atoms with Gasteiger partial charge in [0.1, 0.15) is 18.0 Å². The molecule has 0 saturated heterocycles. The summed E-state index contributed by atoms with van der Waals surface area (Å²) >= 11 is 0. The predicted molar refractivity (Wildman–Crippen MR) is 58.5 cm³/mol. The summed E-state index contributed by atoms with van der Waals surface area (Å²) in [6.45, 7) is 1.60. The lowest BCUT2D eigenvalue weighted by Crippen LogP contribution is -2.19. The van der Waals surface area contributed by atoms with Crippen LogP contribution in [0.3, 0.4) is 0 Å². The van der Waals surface area contributed by atoms with Gasteiger partial charge in [0.15, 0.2) is 0 Å². The molecular formula is C11H8N4O2. The number of pyridine rings is 1. The Bertz CT molecular complexity index is 662. The number of hydrogen-bond donors (Lipinski definition) is 1. The molecule has 0 aromatic carbocycles. The third kappa shape index (κ3) is 1.86. The van der Waals surface area contributed by atoms with Gasteiger partial charge in [0.2, 0.25) is 0 Å². The monoisotopic (exact) mass is 228 g/mol. The van der Waals surface area contributed by atoms with Gasteiger partial charge in [-0.05, 0) is 13.0 Å². The molecule has 0 amide bonds. The van der Waals surface area contributed by atoms with Crippen LogP contribution in [0.1, 0.15) is 21.6 Å². The standard InChI is InChI=1S/C11H8N4O2/c1-7-9(4-8(5-12)10(16)14-7)11(17)15-3-2-13-6-15/h2-4,6H,1H3,(H,14,16). The molecule has 1 N–H and O–H groups in total. The zero-order chi connectivity index (χ0) is 12.4. The maximum Gasteiger partial charge on any atom is 0.266 e. The lowest BCUT2D eigenvalue weighted by Gasteiger charge is -2.04. The van der Waals surface area contributed by atoms with Crippen LogP contribution in [0.5, 0.6) is 0 Å². The van der Waals surface area contributed by atoms with E-state index in [2.05, 4.69) is 9.97 Å². The molecule has 0 spiro atoms. The summed E-state index contributed by atoms with van der Waals surface area (Å²) < 4.78 is 1.28. The van der Waals surface area contributed by atoms with Crippen molar-refractivity contribution in [3.05, 3.63) is 52.0 Å². The van der Waals surface area contributed by atoms with Gasteiger partial charge >= 0.3 is 0 Å². The third-order valence-corrected chi connectivity index (χ3v) is 2.33. The third-order valence-electron chi connectivity index (χ3n) is 2.33. The molecule has 17 heavy (non-hydrogen) atoms. The molecule has 0 unspecified atom stereocenters. The summed E-state index contributed by atoms with van der Waals surface area (Å²) in [7, 11) is 0. The van der Waals surface area contributed by atoms with Gasteiger partial charge < -0.3 is 4.98 Å². The number of aromatic nitrogens is 3. The van der Waals surface area contributed by atoms with Crippen LogP contribution in [-0.2, 0) is 0 Å². The summed E-state index contributed by atoms with van der Waals surface area (Å²) in [6.07, 6.45) is 4.34. The van der Waals surface area contributed by atoms with E-state index in [1.54, 1.807) is 13.0 Å². The molecular weight excluding hydrogens is 220 g/mol. The van der Waals surface area contributed by atoms with Crippen LogP contribution in [0, 0.1) is 18.3 Å². The number of carbonyl (C=O) groups is 1. The van der Waals surface area contributed by atoms with Gasteiger partial charge in [-0.3, -0.25) is 14.2 Å². The number of nitrogens with zero attached hydrogens (tertiary/aromatic N) is 3. The van der Waals surface area contributed by atoms with Crippen molar-refractivity contribution >= 4 is 5.91 Å². The highest BCUT2D eigenvalue weighted by molar-refractivity contribution is 5.97. The molecule has 0 atom stereocenters. The van der Waals surface area contributed by atoms with Gasteiger partial charge in [0.05, 0.1) is 5.56 Å². The van der Waals surface area contributed by atoms with Crippen molar-refractivity contribution in [2.45, 2.75) is 6.92 Å². The number of hydrogen-bond acceptors (Lipinski definition) is 4. The number of nitriles is 1. The van der Waals surface area contributed by atoms with Crippen molar-refractivity contribution in [2.24, 2.45) is 0 Å². The predicted octanol–water partition coefficient (Wildman–Crippen LogP) is 0.440. The van der Waals surface area contributed by atoms with Crippen molar-refractivity contribution in [1.82, 2.24) is 14.5 Å². The zero-order valence-electron chi connectivity index (χ0n) is 8.97. The Morgan fingerprint density at radius 1 is 1.59 bits per heavy atom. The van der Waals surface area contributed by atoms with E-state index in [1.807, 2.05) is 0 Å². The number of imidazole rings is 1. The molecule has 0 aliphatic carbocycles. The van der Waals surface area contributed by atoms with E-state index < -0.39 is 5.56 Å². The molecule has 0 aliphatic rings. The van der Waals surface area contributed by atoms with E-state index in [9.17, 15) is 9.59 Å². The van der Waals surface area contributed by atoms with Crippen LogP contribution >= 0.6 is 0 Å². The average Bonchev–Trinajstić information content (AvgIpc) is 2.82. The Labute approximate surface area is 96.2 Å². The van der Waals surface area contributed by atoms with E-state index in [0.717, 1.165) is 0 Å². The minimum absolute atomic E-state index is 0.0842. The highest BCUT2D eigenvalue weighted by atomic mass is 16.2. The highest BCUT2D eigenvalue weighted by Gasteiger charge is 2.14.